The minimum absolute atomic E-state index is 0.0253. The molecule has 6 heteroatoms. The molecule has 0 bridgehead atoms. The first-order valence-electron chi connectivity index (χ1n) is 5.74. The van der Waals surface area contributed by atoms with Gasteiger partial charge in [0.25, 0.3) is 5.95 Å². The molecule has 0 spiro atoms. The molecule has 6 nitrogen and oxygen atoms in total. The van der Waals surface area contributed by atoms with Crippen molar-refractivity contribution in [3.05, 3.63) is 38.8 Å². The second-order valence-electron chi connectivity index (χ2n) is 4.23. The standard InChI is InChI=1S/C14H10O6/c1-18-9-3-7(15)12-8(16)4-10(19-2)13-11(12)6(9)5-20-14(13)17/h3-5,17H,1-2H3. The van der Waals surface area contributed by atoms with E-state index in [0.717, 1.165) is 6.07 Å². The van der Waals surface area contributed by atoms with E-state index in [2.05, 4.69) is 0 Å². The molecule has 3 aromatic rings. The molecule has 1 heterocycles. The zero-order chi connectivity index (χ0) is 14.4. The molecule has 0 atom stereocenters. The molecule has 0 unspecified atom stereocenters. The fourth-order valence-corrected chi connectivity index (χ4v) is 2.37. The summed E-state index contributed by atoms with van der Waals surface area (Å²) in [5, 5.41) is 10.7. The molecular weight excluding hydrogens is 264 g/mol. The Balaban J connectivity index is 2.76. The highest BCUT2D eigenvalue weighted by Crippen LogP contribution is 2.39. The van der Waals surface area contributed by atoms with E-state index in [4.69, 9.17) is 13.9 Å². The fraction of sp³-hybridized carbons (Fsp3) is 0.143. The third-order valence-corrected chi connectivity index (χ3v) is 3.24. The Morgan fingerprint density at radius 2 is 1.55 bits per heavy atom. The van der Waals surface area contributed by atoms with Gasteiger partial charge in [0.15, 0.2) is 10.9 Å². The highest BCUT2D eigenvalue weighted by atomic mass is 16.5. The van der Waals surface area contributed by atoms with Gasteiger partial charge in [-0.1, -0.05) is 0 Å². The number of methoxy groups -OCH3 is 2. The van der Waals surface area contributed by atoms with Crippen LogP contribution < -0.4 is 20.3 Å². The first-order chi connectivity index (χ1) is 9.58. The maximum Gasteiger partial charge on any atom is 0.293 e. The Labute approximate surface area is 112 Å². The van der Waals surface area contributed by atoms with E-state index >= 15 is 0 Å². The van der Waals surface area contributed by atoms with Crippen LogP contribution in [0.25, 0.3) is 21.5 Å². The lowest BCUT2D eigenvalue weighted by atomic mass is 10.0. The number of hydrogen-bond acceptors (Lipinski definition) is 6. The predicted octanol–water partition coefficient (Wildman–Crippen LogP) is 1.47. The summed E-state index contributed by atoms with van der Waals surface area (Å²) < 4.78 is 15.2. The van der Waals surface area contributed by atoms with Gasteiger partial charge >= 0.3 is 0 Å². The maximum atomic E-state index is 12.1. The average Bonchev–Trinajstić information content (AvgIpc) is 2.44. The molecule has 102 valence electrons. The first-order valence-corrected chi connectivity index (χ1v) is 5.74. The molecule has 0 aliphatic heterocycles. The van der Waals surface area contributed by atoms with Crippen LogP contribution in [0.5, 0.6) is 17.4 Å². The topological polar surface area (TPSA) is 86.0 Å². The molecule has 0 saturated carbocycles. The number of aromatic hydroxyl groups is 1. The second kappa shape index (κ2) is 4.12. The normalized spacial score (nSPS) is 11.1. The van der Waals surface area contributed by atoms with Gasteiger partial charge < -0.3 is 19.0 Å². The molecule has 1 N–H and O–H groups in total. The van der Waals surface area contributed by atoms with Gasteiger partial charge in [-0.3, -0.25) is 9.59 Å². The quantitative estimate of drug-likeness (QED) is 0.761. The Morgan fingerprint density at radius 3 is 2.15 bits per heavy atom. The fourth-order valence-electron chi connectivity index (χ4n) is 2.37. The predicted molar refractivity (Wildman–Crippen MR) is 72.2 cm³/mol. The summed E-state index contributed by atoms with van der Waals surface area (Å²) in [5.74, 6) is -0.0158. The lowest BCUT2D eigenvalue weighted by molar-refractivity contribution is 0.328. The first kappa shape index (κ1) is 12.3. The number of hydrogen-bond donors (Lipinski definition) is 1. The molecule has 1 aromatic heterocycles. The second-order valence-corrected chi connectivity index (χ2v) is 4.23. The molecule has 3 rings (SSSR count). The Morgan fingerprint density at radius 1 is 0.950 bits per heavy atom. The van der Waals surface area contributed by atoms with E-state index in [1.807, 2.05) is 0 Å². The highest BCUT2D eigenvalue weighted by Gasteiger charge is 2.20. The summed E-state index contributed by atoms with van der Waals surface area (Å²) >= 11 is 0. The van der Waals surface area contributed by atoms with Gasteiger partial charge in [0.1, 0.15) is 23.1 Å². The third-order valence-electron chi connectivity index (χ3n) is 3.24. The van der Waals surface area contributed by atoms with Crippen molar-refractivity contribution in [3.8, 4) is 17.4 Å². The van der Waals surface area contributed by atoms with Gasteiger partial charge in [0.05, 0.1) is 25.0 Å². The molecule has 2 aromatic carbocycles. The summed E-state index contributed by atoms with van der Waals surface area (Å²) in [6.07, 6.45) is 1.24. The molecule has 0 fully saturated rings. The van der Waals surface area contributed by atoms with Gasteiger partial charge in [-0.25, -0.2) is 0 Å². The summed E-state index contributed by atoms with van der Waals surface area (Å²) in [6.45, 7) is 0. The van der Waals surface area contributed by atoms with Crippen molar-refractivity contribution in [2.75, 3.05) is 14.2 Å². The van der Waals surface area contributed by atoms with E-state index in [1.54, 1.807) is 0 Å². The molecule has 0 aliphatic carbocycles. The summed E-state index contributed by atoms with van der Waals surface area (Å²) in [7, 11) is 2.77. The largest absolute Gasteiger partial charge is 0.496 e. The van der Waals surface area contributed by atoms with E-state index in [-0.39, 0.29) is 27.7 Å². The van der Waals surface area contributed by atoms with E-state index < -0.39 is 16.8 Å². The minimum Gasteiger partial charge on any atom is -0.496 e. The summed E-state index contributed by atoms with van der Waals surface area (Å²) in [6, 6.07) is 2.37. The van der Waals surface area contributed by atoms with Gasteiger partial charge in [-0.05, 0) is 0 Å². The van der Waals surface area contributed by atoms with E-state index in [0.29, 0.717) is 5.39 Å². The summed E-state index contributed by atoms with van der Waals surface area (Å²) in [5.41, 5.74) is -0.949. The third kappa shape index (κ3) is 1.45. The van der Waals surface area contributed by atoms with Crippen LogP contribution in [0.2, 0.25) is 0 Å². The zero-order valence-corrected chi connectivity index (χ0v) is 10.7. The maximum absolute atomic E-state index is 12.1. The van der Waals surface area contributed by atoms with Crippen molar-refractivity contribution in [3.63, 3.8) is 0 Å². The highest BCUT2D eigenvalue weighted by molar-refractivity contribution is 6.15. The van der Waals surface area contributed by atoms with Crippen molar-refractivity contribution in [1.82, 2.24) is 0 Å². The van der Waals surface area contributed by atoms with Crippen LogP contribution >= 0.6 is 0 Å². The van der Waals surface area contributed by atoms with Crippen molar-refractivity contribution in [1.29, 1.82) is 0 Å². The lowest BCUT2D eigenvalue weighted by Crippen LogP contribution is -2.13. The lowest BCUT2D eigenvalue weighted by Gasteiger charge is -2.11. The zero-order valence-electron chi connectivity index (χ0n) is 10.7. The Kier molecular flexibility index (Phi) is 2.53. The smallest absolute Gasteiger partial charge is 0.293 e. The van der Waals surface area contributed by atoms with Gasteiger partial charge in [-0.15, -0.1) is 0 Å². The number of rotatable bonds is 2. The van der Waals surface area contributed by atoms with Crippen molar-refractivity contribution in [2.45, 2.75) is 0 Å². The van der Waals surface area contributed by atoms with Crippen LogP contribution in [0, 0.1) is 0 Å². The van der Waals surface area contributed by atoms with Crippen LogP contribution in [0.3, 0.4) is 0 Å². The molecule has 0 aliphatic rings. The van der Waals surface area contributed by atoms with Gasteiger partial charge in [0, 0.05) is 17.5 Å². The SMILES string of the molecule is COc1cc(=O)c2c(=O)cc(OC)c3c(O)occ1c32. The van der Waals surface area contributed by atoms with E-state index in [9.17, 15) is 14.7 Å². The van der Waals surface area contributed by atoms with Crippen molar-refractivity contribution in [2.24, 2.45) is 0 Å². The monoisotopic (exact) mass is 274 g/mol. The van der Waals surface area contributed by atoms with E-state index in [1.165, 1.54) is 26.5 Å². The number of ether oxygens (including phenoxy) is 2. The molecule has 20 heavy (non-hydrogen) atoms. The van der Waals surface area contributed by atoms with Crippen LogP contribution in [0.15, 0.2) is 32.4 Å². The van der Waals surface area contributed by atoms with Crippen molar-refractivity contribution >= 4 is 21.5 Å². The summed E-state index contributed by atoms with van der Waals surface area (Å²) in [4.78, 5) is 24.1. The van der Waals surface area contributed by atoms with Crippen molar-refractivity contribution < 1.29 is 19.0 Å². The average molecular weight is 274 g/mol. The van der Waals surface area contributed by atoms with Crippen LogP contribution in [-0.4, -0.2) is 19.3 Å². The molecule has 0 saturated heterocycles. The van der Waals surface area contributed by atoms with Gasteiger partial charge in [-0.2, -0.15) is 0 Å². The molecule has 0 radical (unpaired) electrons. The Hall–Kier alpha value is -2.76. The molecular formula is C14H10O6. The van der Waals surface area contributed by atoms with Crippen LogP contribution in [-0.2, 0) is 0 Å². The number of benzene rings is 2. The molecule has 0 amide bonds. The van der Waals surface area contributed by atoms with Gasteiger partial charge in [0.2, 0.25) is 0 Å². The minimum atomic E-state index is -0.474. The van der Waals surface area contributed by atoms with Crippen LogP contribution in [0.1, 0.15) is 0 Å². The Bertz CT molecular complexity index is 911. The van der Waals surface area contributed by atoms with Crippen LogP contribution in [0.4, 0.5) is 0 Å².